The molecule has 1 saturated carbocycles. The van der Waals surface area contributed by atoms with Crippen LogP contribution >= 0.6 is 15.9 Å². The van der Waals surface area contributed by atoms with Crippen LogP contribution in [0, 0.1) is 0 Å². The van der Waals surface area contributed by atoms with Gasteiger partial charge >= 0.3 is 0 Å². The van der Waals surface area contributed by atoms with Gasteiger partial charge in [-0.1, -0.05) is 25.3 Å². The highest BCUT2D eigenvalue weighted by Gasteiger charge is 2.15. The van der Waals surface area contributed by atoms with Gasteiger partial charge in [0.05, 0.1) is 5.52 Å². The van der Waals surface area contributed by atoms with Crippen LogP contribution in [0.4, 0.5) is 5.82 Å². The first-order chi connectivity index (χ1) is 8.84. The maximum Gasteiger partial charge on any atom is 0.137 e. The molecule has 0 saturated heterocycles. The van der Waals surface area contributed by atoms with Gasteiger partial charge in [0.25, 0.3) is 0 Å². The summed E-state index contributed by atoms with van der Waals surface area (Å²) in [5, 5.41) is 4.67. The van der Waals surface area contributed by atoms with Crippen molar-refractivity contribution in [2.45, 2.75) is 38.1 Å². The van der Waals surface area contributed by atoms with E-state index in [4.69, 9.17) is 0 Å². The van der Waals surface area contributed by atoms with Crippen molar-refractivity contribution in [2.75, 3.05) is 5.32 Å². The summed E-state index contributed by atoms with van der Waals surface area (Å²) in [6.45, 7) is 0. The van der Waals surface area contributed by atoms with Crippen molar-refractivity contribution in [2.24, 2.45) is 0 Å². The lowest BCUT2D eigenvalue weighted by atomic mass is 9.95. The van der Waals surface area contributed by atoms with Crippen molar-refractivity contribution in [1.29, 1.82) is 0 Å². The summed E-state index contributed by atoms with van der Waals surface area (Å²) >= 11 is 3.54. The van der Waals surface area contributed by atoms with Crippen LogP contribution in [0.1, 0.15) is 32.1 Å². The van der Waals surface area contributed by atoms with E-state index in [1.807, 2.05) is 12.1 Å². The van der Waals surface area contributed by atoms with E-state index in [0.717, 1.165) is 21.2 Å². The fourth-order valence-corrected chi connectivity index (χ4v) is 3.08. The molecule has 1 fully saturated rings. The predicted octanol–water partition coefficient (Wildman–Crippen LogP) is 4.14. The Bertz CT molecular complexity index is 550. The SMILES string of the molecule is Brc1cccc2c(NC3CCCCC3)ncnc12. The van der Waals surface area contributed by atoms with E-state index in [9.17, 15) is 0 Å². The molecule has 0 atom stereocenters. The minimum absolute atomic E-state index is 0.566. The first-order valence-corrected chi connectivity index (χ1v) is 7.29. The molecule has 1 N–H and O–H groups in total. The van der Waals surface area contributed by atoms with Crippen LogP contribution in [0.25, 0.3) is 10.9 Å². The van der Waals surface area contributed by atoms with Gasteiger partial charge in [-0.2, -0.15) is 0 Å². The van der Waals surface area contributed by atoms with Gasteiger partial charge in [0, 0.05) is 15.9 Å². The van der Waals surface area contributed by atoms with E-state index in [1.165, 1.54) is 32.1 Å². The number of aromatic nitrogens is 2. The molecule has 0 radical (unpaired) electrons. The second kappa shape index (κ2) is 5.22. The van der Waals surface area contributed by atoms with Crippen molar-refractivity contribution < 1.29 is 0 Å². The summed E-state index contributed by atoms with van der Waals surface area (Å²) in [7, 11) is 0. The van der Waals surface area contributed by atoms with Crippen molar-refractivity contribution in [3.8, 4) is 0 Å². The van der Waals surface area contributed by atoms with Gasteiger partial charge in [0.1, 0.15) is 12.1 Å². The summed E-state index contributed by atoms with van der Waals surface area (Å²) in [6, 6.07) is 6.68. The molecule has 3 nitrogen and oxygen atoms in total. The van der Waals surface area contributed by atoms with E-state index < -0.39 is 0 Å². The molecule has 1 aromatic carbocycles. The van der Waals surface area contributed by atoms with Crippen molar-refractivity contribution >= 4 is 32.7 Å². The quantitative estimate of drug-likeness (QED) is 0.906. The Morgan fingerprint density at radius 2 is 1.94 bits per heavy atom. The number of nitrogens with zero attached hydrogens (tertiary/aromatic N) is 2. The number of anilines is 1. The van der Waals surface area contributed by atoms with Crippen LogP contribution in [-0.4, -0.2) is 16.0 Å². The Balaban J connectivity index is 1.93. The van der Waals surface area contributed by atoms with E-state index >= 15 is 0 Å². The minimum atomic E-state index is 0.566. The van der Waals surface area contributed by atoms with Crippen LogP contribution < -0.4 is 5.32 Å². The van der Waals surface area contributed by atoms with Gasteiger partial charge in [0.2, 0.25) is 0 Å². The Morgan fingerprint density at radius 1 is 1.11 bits per heavy atom. The number of rotatable bonds is 2. The fourth-order valence-electron chi connectivity index (χ4n) is 2.61. The normalized spacial score (nSPS) is 16.9. The summed E-state index contributed by atoms with van der Waals surface area (Å²) in [5.41, 5.74) is 0.978. The highest BCUT2D eigenvalue weighted by molar-refractivity contribution is 9.10. The van der Waals surface area contributed by atoms with Crippen LogP contribution in [-0.2, 0) is 0 Å². The molecule has 3 rings (SSSR count). The van der Waals surface area contributed by atoms with Gasteiger partial charge in [-0.25, -0.2) is 9.97 Å². The molecule has 4 heteroatoms. The van der Waals surface area contributed by atoms with Gasteiger partial charge in [-0.05, 0) is 40.9 Å². The standard InChI is InChI=1S/C14H16BrN3/c15-12-8-4-7-11-13(12)16-9-17-14(11)18-10-5-2-1-3-6-10/h4,7-10H,1-3,5-6H2,(H,16,17,18). The average molecular weight is 306 g/mol. The molecule has 0 unspecified atom stereocenters. The third-order valence-electron chi connectivity index (χ3n) is 3.56. The van der Waals surface area contributed by atoms with Crippen molar-refractivity contribution in [3.63, 3.8) is 0 Å². The largest absolute Gasteiger partial charge is 0.367 e. The zero-order valence-electron chi connectivity index (χ0n) is 10.2. The molecule has 0 spiro atoms. The molecule has 18 heavy (non-hydrogen) atoms. The highest BCUT2D eigenvalue weighted by atomic mass is 79.9. The number of hydrogen-bond acceptors (Lipinski definition) is 3. The van der Waals surface area contributed by atoms with E-state index in [-0.39, 0.29) is 0 Å². The fraction of sp³-hybridized carbons (Fsp3) is 0.429. The Labute approximate surface area is 115 Å². The number of nitrogens with one attached hydrogen (secondary N) is 1. The van der Waals surface area contributed by atoms with Gasteiger partial charge in [-0.3, -0.25) is 0 Å². The molecule has 1 heterocycles. The first kappa shape index (κ1) is 11.9. The third kappa shape index (κ3) is 2.34. The topological polar surface area (TPSA) is 37.8 Å². The van der Waals surface area contributed by atoms with Crippen LogP contribution in [0.2, 0.25) is 0 Å². The zero-order chi connectivity index (χ0) is 12.4. The van der Waals surface area contributed by atoms with Crippen LogP contribution in [0.3, 0.4) is 0 Å². The Morgan fingerprint density at radius 3 is 2.78 bits per heavy atom. The maximum absolute atomic E-state index is 4.40. The molecule has 2 aromatic rings. The highest BCUT2D eigenvalue weighted by Crippen LogP contribution is 2.28. The Hall–Kier alpha value is -1.16. The molecule has 0 amide bonds. The lowest BCUT2D eigenvalue weighted by Gasteiger charge is -2.23. The smallest absolute Gasteiger partial charge is 0.137 e. The second-order valence-electron chi connectivity index (χ2n) is 4.84. The van der Waals surface area contributed by atoms with E-state index in [1.54, 1.807) is 6.33 Å². The second-order valence-corrected chi connectivity index (χ2v) is 5.69. The van der Waals surface area contributed by atoms with E-state index in [2.05, 4.69) is 37.3 Å². The molecular weight excluding hydrogens is 290 g/mol. The zero-order valence-corrected chi connectivity index (χ0v) is 11.8. The molecular formula is C14H16BrN3. The predicted molar refractivity (Wildman–Crippen MR) is 77.7 cm³/mol. The lowest BCUT2D eigenvalue weighted by molar-refractivity contribution is 0.462. The molecule has 0 aliphatic heterocycles. The van der Waals surface area contributed by atoms with Gasteiger partial charge < -0.3 is 5.32 Å². The molecule has 1 aliphatic carbocycles. The van der Waals surface area contributed by atoms with E-state index in [0.29, 0.717) is 6.04 Å². The van der Waals surface area contributed by atoms with Crippen LogP contribution in [0.15, 0.2) is 29.0 Å². The minimum Gasteiger partial charge on any atom is -0.367 e. The van der Waals surface area contributed by atoms with Gasteiger partial charge in [0.15, 0.2) is 0 Å². The monoisotopic (exact) mass is 305 g/mol. The molecule has 1 aromatic heterocycles. The summed E-state index contributed by atoms with van der Waals surface area (Å²) in [6.07, 6.45) is 8.15. The molecule has 94 valence electrons. The number of hydrogen-bond donors (Lipinski definition) is 1. The number of benzene rings is 1. The molecule has 1 aliphatic rings. The third-order valence-corrected chi connectivity index (χ3v) is 4.20. The number of fused-ring (bicyclic) bond motifs is 1. The number of para-hydroxylation sites is 1. The lowest BCUT2D eigenvalue weighted by Crippen LogP contribution is -2.23. The summed E-state index contributed by atoms with van der Waals surface area (Å²) < 4.78 is 1.02. The van der Waals surface area contributed by atoms with Crippen LogP contribution in [0.5, 0.6) is 0 Å². The van der Waals surface area contributed by atoms with Crippen molar-refractivity contribution in [3.05, 3.63) is 29.0 Å². The van der Waals surface area contributed by atoms with Crippen molar-refractivity contribution in [1.82, 2.24) is 9.97 Å². The number of halogens is 1. The maximum atomic E-state index is 4.40. The summed E-state index contributed by atoms with van der Waals surface area (Å²) in [4.78, 5) is 8.74. The summed E-state index contributed by atoms with van der Waals surface area (Å²) in [5.74, 6) is 0.966. The molecule has 0 bridgehead atoms. The van der Waals surface area contributed by atoms with Gasteiger partial charge in [-0.15, -0.1) is 0 Å². The average Bonchev–Trinajstić information content (AvgIpc) is 2.41. The Kier molecular flexibility index (Phi) is 3.46. The first-order valence-electron chi connectivity index (χ1n) is 6.50.